The molecule has 0 fully saturated rings. The van der Waals surface area contributed by atoms with E-state index in [0.717, 1.165) is 23.6 Å². The third-order valence-electron chi connectivity index (χ3n) is 3.99. The molecule has 2 N–H and O–H groups in total. The van der Waals surface area contributed by atoms with Crippen LogP contribution in [0.25, 0.3) is 0 Å². The number of pyridine rings is 1. The van der Waals surface area contributed by atoms with E-state index in [4.69, 9.17) is 0 Å². The predicted octanol–water partition coefficient (Wildman–Crippen LogP) is 3.18. The molecule has 0 saturated heterocycles. The van der Waals surface area contributed by atoms with E-state index in [-0.39, 0.29) is 12.1 Å². The van der Waals surface area contributed by atoms with E-state index in [1.807, 2.05) is 55.0 Å². The molecule has 0 aliphatic carbocycles. The molecule has 0 radical (unpaired) electrons. The minimum Gasteiger partial charge on any atom is -0.362 e. The fourth-order valence-electron chi connectivity index (χ4n) is 2.85. The van der Waals surface area contributed by atoms with Gasteiger partial charge in [0.15, 0.2) is 0 Å². The van der Waals surface area contributed by atoms with Gasteiger partial charge in [0.25, 0.3) is 0 Å². The highest BCUT2D eigenvalue weighted by molar-refractivity contribution is 7.99. The maximum atomic E-state index is 12.3. The maximum Gasteiger partial charge on any atom is 0.315 e. The van der Waals surface area contributed by atoms with Crippen LogP contribution in [0.2, 0.25) is 0 Å². The zero-order valence-electron chi connectivity index (χ0n) is 14.0. The Labute approximate surface area is 146 Å². The number of rotatable bonds is 4. The number of hydrogen-bond donors (Lipinski definition) is 2. The molecular weight excluding hydrogens is 320 g/mol. The second-order valence-corrected chi connectivity index (χ2v) is 7.07. The Hall–Kier alpha value is -2.21. The number of carbonyl (C=O) groups is 1. The first-order valence-electron chi connectivity index (χ1n) is 8.02. The van der Waals surface area contributed by atoms with Crippen LogP contribution in [-0.4, -0.2) is 30.9 Å². The molecule has 6 heteroatoms. The number of fused-ring (bicyclic) bond motifs is 1. The fourth-order valence-corrected chi connectivity index (χ4v) is 3.97. The predicted molar refractivity (Wildman–Crippen MR) is 98.5 cm³/mol. The van der Waals surface area contributed by atoms with Crippen molar-refractivity contribution in [2.45, 2.75) is 23.9 Å². The van der Waals surface area contributed by atoms with Crippen LogP contribution in [0.15, 0.2) is 47.5 Å². The third kappa shape index (κ3) is 3.82. The first kappa shape index (κ1) is 16.6. The van der Waals surface area contributed by atoms with E-state index in [1.54, 1.807) is 6.20 Å². The Morgan fingerprint density at radius 2 is 2.12 bits per heavy atom. The molecule has 1 aliphatic heterocycles. The van der Waals surface area contributed by atoms with Gasteiger partial charge in [-0.25, -0.2) is 9.78 Å². The number of nitrogens with one attached hydrogen (secondary N) is 2. The summed E-state index contributed by atoms with van der Waals surface area (Å²) in [6.45, 7) is 0.455. The van der Waals surface area contributed by atoms with E-state index < -0.39 is 0 Å². The summed E-state index contributed by atoms with van der Waals surface area (Å²) in [5.41, 5.74) is 2.21. The first-order valence-corrected chi connectivity index (χ1v) is 9.01. The van der Waals surface area contributed by atoms with E-state index in [0.29, 0.717) is 6.54 Å². The van der Waals surface area contributed by atoms with Crippen molar-refractivity contribution in [1.82, 2.24) is 15.6 Å². The summed E-state index contributed by atoms with van der Waals surface area (Å²) < 4.78 is 0. The van der Waals surface area contributed by atoms with Crippen molar-refractivity contribution in [3.63, 3.8) is 0 Å². The average molecular weight is 342 g/mol. The molecule has 3 rings (SSSR count). The highest BCUT2D eigenvalue weighted by Crippen LogP contribution is 2.35. The number of benzene rings is 1. The van der Waals surface area contributed by atoms with Crippen LogP contribution in [0.3, 0.4) is 0 Å². The molecule has 5 nitrogen and oxygen atoms in total. The van der Waals surface area contributed by atoms with Gasteiger partial charge in [0.2, 0.25) is 0 Å². The number of carbonyl (C=O) groups excluding carboxylic acids is 1. The number of aromatic nitrogens is 1. The van der Waals surface area contributed by atoms with Gasteiger partial charge >= 0.3 is 6.03 Å². The number of nitrogens with zero attached hydrogens (tertiary/aromatic N) is 2. The van der Waals surface area contributed by atoms with E-state index in [2.05, 4.69) is 27.8 Å². The van der Waals surface area contributed by atoms with Gasteiger partial charge in [-0.05, 0) is 24.1 Å². The van der Waals surface area contributed by atoms with Crippen LogP contribution in [0.1, 0.15) is 23.6 Å². The van der Waals surface area contributed by atoms with Gasteiger partial charge < -0.3 is 15.5 Å². The SMILES string of the molecule is CN(C)c1ncccc1CNC(=O)N[C@H]1CCSc2ccccc21. The Balaban J connectivity index is 1.61. The van der Waals surface area contributed by atoms with Gasteiger partial charge in [0.1, 0.15) is 5.82 Å². The lowest BCUT2D eigenvalue weighted by Crippen LogP contribution is -2.38. The van der Waals surface area contributed by atoms with E-state index in [1.165, 1.54) is 10.5 Å². The molecule has 0 bridgehead atoms. The Bertz CT molecular complexity index is 720. The summed E-state index contributed by atoms with van der Waals surface area (Å²) in [6.07, 6.45) is 2.71. The lowest BCUT2D eigenvalue weighted by atomic mass is 10.0. The molecule has 1 aromatic carbocycles. The average Bonchev–Trinajstić information content (AvgIpc) is 2.60. The normalized spacial score (nSPS) is 16.2. The molecule has 1 aromatic heterocycles. The van der Waals surface area contributed by atoms with Gasteiger partial charge in [-0.3, -0.25) is 0 Å². The van der Waals surface area contributed by atoms with Crippen molar-refractivity contribution in [2.24, 2.45) is 0 Å². The minimum absolute atomic E-state index is 0.0738. The summed E-state index contributed by atoms with van der Waals surface area (Å²) in [6, 6.07) is 12.1. The van der Waals surface area contributed by atoms with Crippen molar-refractivity contribution < 1.29 is 4.79 Å². The lowest BCUT2D eigenvalue weighted by molar-refractivity contribution is 0.236. The molecular formula is C18H22N4OS. The van der Waals surface area contributed by atoms with Gasteiger partial charge in [0, 0.05) is 43.0 Å². The molecule has 2 heterocycles. The zero-order valence-corrected chi connectivity index (χ0v) is 14.8. The molecule has 126 valence electrons. The maximum absolute atomic E-state index is 12.3. The van der Waals surface area contributed by atoms with Gasteiger partial charge in [0.05, 0.1) is 6.04 Å². The monoisotopic (exact) mass is 342 g/mol. The highest BCUT2D eigenvalue weighted by atomic mass is 32.2. The van der Waals surface area contributed by atoms with E-state index in [9.17, 15) is 4.79 Å². The Morgan fingerprint density at radius 3 is 2.96 bits per heavy atom. The van der Waals surface area contributed by atoms with Crippen LogP contribution in [0.5, 0.6) is 0 Å². The van der Waals surface area contributed by atoms with Gasteiger partial charge in [-0.1, -0.05) is 24.3 Å². The summed E-state index contributed by atoms with van der Waals surface area (Å²) >= 11 is 1.85. The van der Waals surface area contributed by atoms with Crippen LogP contribution >= 0.6 is 11.8 Å². The highest BCUT2D eigenvalue weighted by Gasteiger charge is 2.21. The van der Waals surface area contributed by atoms with Crippen molar-refractivity contribution in [3.8, 4) is 0 Å². The number of anilines is 1. The fraction of sp³-hybridized carbons (Fsp3) is 0.333. The van der Waals surface area contributed by atoms with Crippen LogP contribution in [-0.2, 0) is 6.54 Å². The first-order chi connectivity index (χ1) is 11.6. The second kappa shape index (κ2) is 7.57. The van der Waals surface area contributed by atoms with E-state index >= 15 is 0 Å². The summed E-state index contributed by atoms with van der Waals surface area (Å²) in [4.78, 5) is 19.9. The minimum atomic E-state index is -0.143. The molecule has 1 atom stereocenters. The van der Waals surface area contributed by atoms with Crippen LogP contribution < -0.4 is 15.5 Å². The van der Waals surface area contributed by atoms with Crippen molar-refractivity contribution in [2.75, 3.05) is 24.7 Å². The number of hydrogen-bond acceptors (Lipinski definition) is 4. The van der Waals surface area contributed by atoms with Gasteiger partial charge in [-0.2, -0.15) is 0 Å². The standard InChI is InChI=1S/C18H22N4OS/c1-22(2)17-13(6-5-10-19-17)12-20-18(23)21-15-9-11-24-16-8-4-3-7-14(15)16/h3-8,10,15H,9,11-12H2,1-2H3,(H2,20,21,23)/t15-/m0/s1. The summed E-state index contributed by atoms with van der Waals surface area (Å²) in [7, 11) is 3.89. The molecule has 2 aromatic rings. The smallest absolute Gasteiger partial charge is 0.315 e. The summed E-state index contributed by atoms with van der Waals surface area (Å²) in [5, 5.41) is 6.05. The number of amides is 2. The van der Waals surface area contributed by atoms with Crippen LogP contribution in [0, 0.1) is 0 Å². The quantitative estimate of drug-likeness (QED) is 0.896. The second-order valence-electron chi connectivity index (χ2n) is 5.94. The number of urea groups is 1. The van der Waals surface area contributed by atoms with Gasteiger partial charge in [-0.15, -0.1) is 11.8 Å². The molecule has 0 unspecified atom stereocenters. The molecule has 0 saturated carbocycles. The zero-order chi connectivity index (χ0) is 16.9. The molecule has 0 spiro atoms. The third-order valence-corrected chi connectivity index (χ3v) is 5.12. The van der Waals surface area contributed by atoms with Crippen molar-refractivity contribution >= 4 is 23.6 Å². The molecule has 2 amide bonds. The molecule has 24 heavy (non-hydrogen) atoms. The van der Waals surface area contributed by atoms with Crippen LogP contribution in [0.4, 0.5) is 10.6 Å². The largest absolute Gasteiger partial charge is 0.362 e. The Kier molecular flexibility index (Phi) is 5.25. The lowest BCUT2D eigenvalue weighted by Gasteiger charge is -2.26. The van der Waals surface area contributed by atoms with Crippen molar-refractivity contribution in [1.29, 1.82) is 0 Å². The molecule has 1 aliphatic rings. The summed E-state index contributed by atoms with van der Waals surface area (Å²) in [5.74, 6) is 1.90. The van der Waals surface area contributed by atoms with Crippen molar-refractivity contribution in [3.05, 3.63) is 53.7 Å². The Morgan fingerprint density at radius 1 is 1.29 bits per heavy atom. The number of thioether (sulfide) groups is 1. The topological polar surface area (TPSA) is 57.3 Å².